The van der Waals surface area contributed by atoms with Crippen LogP contribution in [0.5, 0.6) is 0 Å². The van der Waals surface area contributed by atoms with Gasteiger partial charge in [0.15, 0.2) is 0 Å². The molecule has 1 saturated carbocycles. The predicted octanol–water partition coefficient (Wildman–Crippen LogP) is 2.98. The summed E-state index contributed by atoms with van der Waals surface area (Å²) in [5.41, 5.74) is 1.85. The quantitative estimate of drug-likeness (QED) is 0.796. The van der Waals surface area contributed by atoms with E-state index in [2.05, 4.69) is 5.32 Å². The first-order chi connectivity index (χ1) is 7.25. The molecule has 0 aromatic heterocycles. The molecule has 2 rings (SSSR count). The van der Waals surface area contributed by atoms with Crippen LogP contribution in [0, 0.1) is 5.82 Å². The second kappa shape index (κ2) is 4.58. The molecule has 0 atom stereocenters. The number of hydrogen-bond donors (Lipinski definition) is 1. The first-order valence-electron chi connectivity index (χ1n) is 5.41. The van der Waals surface area contributed by atoms with Crippen molar-refractivity contribution in [1.29, 1.82) is 0 Å². The average molecular weight is 205 g/mol. The van der Waals surface area contributed by atoms with E-state index in [1.807, 2.05) is 19.1 Å². The van der Waals surface area contributed by atoms with E-state index in [9.17, 15) is 4.39 Å². The topological polar surface area (TPSA) is 12.0 Å². The lowest BCUT2D eigenvalue weighted by molar-refractivity contribution is 0.625. The van der Waals surface area contributed by atoms with Gasteiger partial charge in [-0.1, -0.05) is 29.8 Å². The molecule has 0 bridgehead atoms. The molecule has 2 heteroatoms. The smallest absolute Gasteiger partial charge is 0.130 e. The minimum atomic E-state index is -0.150. The van der Waals surface area contributed by atoms with Crippen molar-refractivity contribution in [2.45, 2.75) is 25.8 Å². The van der Waals surface area contributed by atoms with Crippen LogP contribution in [-0.4, -0.2) is 12.6 Å². The molecule has 1 aromatic rings. The van der Waals surface area contributed by atoms with Crippen molar-refractivity contribution in [3.63, 3.8) is 0 Å². The Morgan fingerprint density at radius 1 is 1.47 bits per heavy atom. The van der Waals surface area contributed by atoms with Crippen LogP contribution in [0.4, 0.5) is 4.39 Å². The summed E-state index contributed by atoms with van der Waals surface area (Å²) in [6, 6.07) is 7.57. The minimum Gasteiger partial charge on any atom is -0.310 e. The van der Waals surface area contributed by atoms with Crippen molar-refractivity contribution in [3.8, 4) is 0 Å². The van der Waals surface area contributed by atoms with Gasteiger partial charge in [-0.2, -0.15) is 0 Å². The zero-order chi connectivity index (χ0) is 10.7. The number of benzene rings is 1. The van der Waals surface area contributed by atoms with Crippen molar-refractivity contribution in [2.75, 3.05) is 6.54 Å². The predicted molar refractivity (Wildman–Crippen MR) is 61.1 cm³/mol. The molecular weight excluding hydrogens is 189 g/mol. The summed E-state index contributed by atoms with van der Waals surface area (Å²) >= 11 is 0. The molecule has 1 N–H and O–H groups in total. The zero-order valence-corrected chi connectivity index (χ0v) is 8.96. The molecule has 0 aliphatic heterocycles. The third-order valence-electron chi connectivity index (χ3n) is 2.55. The third-order valence-corrected chi connectivity index (χ3v) is 2.55. The highest BCUT2D eigenvalue weighted by molar-refractivity contribution is 5.53. The van der Waals surface area contributed by atoms with Crippen molar-refractivity contribution in [1.82, 2.24) is 5.32 Å². The summed E-state index contributed by atoms with van der Waals surface area (Å²) in [6.07, 6.45) is 4.48. The Morgan fingerprint density at radius 2 is 2.20 bits per heavy atom. The van der Waals surface area contributed by atoms with Crippen LogP contribution in [-0.2, 0) is 0 Å². The normalized spacial score (nSPS) is 16.8. The molecule has 0 unspecified atom stereocenters. The SMILES string of the molecule is CC(=Cc1ccccc1F)CNC1CC1. The molecular formula is C13H16FN. The van der Waals surface area contributed by atoms with Crippen LogP contribution in [0.3, 0.4) is 0 Å². The molecule has 1 nitrogen and oxygen atoms in total. The highest BCUT2D eigenvalue weighted by Gasteiger charge is 2.19. The largest absolute Gasteiger partial charge is 0.310 e. The van der Waals surface area contributed by atoms with Gasteiger partial charge in [0.25, 0.3) is 0 Å². The maximum Gasteiger partial charge on any atom is 0.130 e. The lowest BCUT2D eigenvalue weighted by Gasteiger charge is -2.03. The minimum absolute atomic E-state index is 0.150. The summed E-state index contributed by atoms with van der Waals surface area (Å²) in [5.74, 6) is -0.150. The van der Waals surface area contributed by atoms with Gasteiger partial charge in [0, 0.05) is 18.2 Å². The van der Waals surface area contributed by atoms with Gasteiger partial charge < -0.3 is 5.32 Å². The second-order valence-corrected chi connectivity index (χ2v) is 4.17. The Kier molecular flexibility index (Phi) is 3.17. The van der Waals surface area contributed by atoms with Crippen molar-refractivity contribution < 1.29 is 4.39 Å². The standard InChI is InChI=1S/C13H16FN/c1-10(9-15-12-6-7-12)8-11-4-2-3-5-13(11)14/h2-5,8,12,15H,6-7,9H2,1H3. The molecule has 0 amide bonds. The van der Waals surface area contributed by atoms with Crippen LogP contribution in [0.1, 0.15) is 25.3 Å². The fourth-order valence-corrected chi connectivity index (χ4v) is 1.50. The van der Waals surface area contributed by atoms with Crippen LogP contribution in [0.25, 0.3) is 6.08 Å². The molecule has 0 spiro atoms. The first kappa shape index (κ1) is 10.4. The number of hydrogen-bond acceptors (Lipinski definition) is 1. The molecule has 1 aliphatic carbocycles. The fourth-order valence-electron chi connectivity index (χ4n) is 1.50. The molecule has 1 aliphatic rings. The highest BCUT2D eigenvalue weighted by Crippen LogP contribution is 2.19. The average Bonchev–Trinajstić information content (AvgIpc) is 3.02. The van der Waals surface area contributed by atoms with Gasteiger partial charge >= 0.3 is 0 Å². The number of rotatable bonds is 4. The molecule has 1 fully saturated rings. The summed E-state index contributed by atoms with van der Waals surface area (Å²) in [6.45, 7) is 2.89. The summed E-state index contributed by atoms with van der Waals surface area (Å²) < 4.78 is 13.3. The molecule has 15 heavy (non-hydrogen) atoms. The number of nitrogens with one attached hydrogen (secondary N) is 1. The summed E-state index contributed by atoms with van der Waals surface area (Å²) in [4.78, 5) is 0. The Hall–Kier alpha value is -1.15. The van der Waals surface area contributed by atoms with E-state index < -0.39 is 0 Å². The molecule has 0 heterocycles. The van der Waals surface area contributed by atoms with E-state index in [-0.39, 0.29) is 5.82 Å². The van der Waals surface area contributed by atoms with E-state index in [1.54, 1.807) is 12.1 Å². The Morgan fingerprint density at radius 3 is 2.87 bits per heavy atom. The fraction of sp³-hybridized carbons (Fsp3) is 0.385. The van der Waals surface area contributed by atoms with Gasteiger partial charge in [0.1, 0.15) is 5.82 Å². The zero-order valence-electron chi connectivity index (χ0n) is 8.96. The van der Waals surface area contributed by atoms with Crippen LogP contribution in [0.15, 0.2) is 29.8 Å². The van der Waals surface area contributed by atoms with Gasteiger partial charge in [-0.3, -0.25) is 0 Å². The molecule has 1 aromatic carbocycles. The van der Waals surface area contributed by atoms with E-state index in [1.165, 1.54) is 24.5 Å². The Balaban J connectivity index is 1.97. The van der Waals surface area contributed by atoms with Gasteiger partial charge in [-0.25, -0.2) is 4.39 Å². The monoisotopic (exact) mass is 205 g/mol. The van der Waals surface area contributed by atoms with E-state index >= 15 is 0 Å². The van der Waals surface area contributed by atoms with Crippen molar-refractivity contribution in [2.24, 2.45) is 0 Å². The highest BCUT2D eigenvalue weighted by atomic mass is 19.1. The lowest BCUT2D eigenvalue weighted by atomic mass is 10.1. The summed E-state index contributed by atoms with van der Waals surface area (Å²) in [5, 5.41) is 3.41. The van der Waals surface area contributed by atoms with Gasteiger partial charge in [0.05, 0.1) is 0 Å². The molecule has 0 saturated heterocycles. The van der Waals surface area contributed by atoms with Gasteiger partial charge in [-0.05, 0) is 25.8 Å². The van der Waals surface area contributed by atoms with Crippen LogP contribution >= 0.6 is 0 Å². The first-order valence-corrected chi connectivity index (χ1v) is 5.41. The second-order valence-electron chi connectivity index (χ2n) is 4.17. The van der Waals surface area contributed by atoms with Crippen molar-refractivity contribution in [3.05, 3.63) is 41.2 Å². The number of halogens is 1. The Bertz CT molecular complexity index is 367. The van der Waals surface area contributed by atoms with Crippen LogP contribution in [0.2, 0.25) is 0 Å². The van der Waals surface area contributed by atoms with E-state index in [0.717, 1.165) is 6.54 Å². The maximum atomic E-state index is 13.3. The molecule has 80 valence electrons. The maximum absolute atomic E-state index is 13.3. The lowest BCUT2D eigenvalue weighted by Crippen LogP contribution is -2.18. The van der Waals surface area contributed by atoms with E-state index in [4.69, 9.17) is 0 Å². The van der Waals surface area contributed by atoms with E-state index in [0.29, 0.717) is 11.6 Å². The molecule has 0 radical (unpaired) electrons. The van der Waals surface area contributed by atoms with Gasteiger partial charge in [-0.15, -0.1) is 0 Å². The third kappa shape index (κ3) is 3.17. The van der Waals surface area contributed by atoms with Gasteiger partial charge in [0.2, 0.25) is 0 Å². The Labute approximate surface area is 90.0 Å². The summed E-state index contributed by atoms with van der Waals surface area (Å²) in [7, 11) is 0. The van der Waals surface area contributed by atoms with Crippen molar-refractivity contribution >= 4 is 6.08 Å². The van der Waals surface area contributed by atoms with Crippen LogP contribution < -0.4 is 5.32 Å².